The molecule has 0 radical (unpaired) electrons. The van der Waals surface area contributed by atoms with Crippen LogP contribution in [0.3, 0.4) is 0 Å². The molecule has 0 aliphatic heterocycles. The maximum Gasteiger partial charge on any atom is 0.211 e. The highest BCUT2D eigenvalue weighted by atomic mass is 32.2. The van der Waals surface area contributed by atoms with Gasteiger partial charge in [0.25, 0.3) is 0 Å². The largest absolute Gasteiger partial charge is 0.212 e. The number of hydrogen-bond donors (Lipinski definition) is 1. The molecule has 0 spiro atoms. The Morgan fingerprint density at radius 2 is 2.18 bits per heavy atom. The lowest BCUT2D eigenvalue weighted by Crippen LogP contribution is -2.33. The summed E-state index contributed by atoms with van der Waals surface area (Å²) in [5.41, 5.74) is 0. The van der Waals surface area contributed by atoms with Crippen LogP contribution in [0.25, 0.3) is 0 Å². The van der Waals surface area contributed by atoms with Crippen LogP contribution < -0.4 is 4.72 Å². The molecule has 1 N–H and O–H groups in total. The molecule has 1 fully saturated rings. The Bertz CT molecular complexity index is 433. The Morgan fingerprint density at radius 1 is 1.47 bits per heavy atom. The lowest BCUT2D eigenvalue weighted by atomic mass is 9.98. The molecule has 1 atom stereocenters. The SMILES string of the molecule is CCS(=O)(=O)NC(c1cccs1)C1CCCC1. The summed E-state index contributed by atoms with van der Waals surface area (Å²) in [6, 6.07) is 4.01. The molecule has 96 valence electrons. The van der Waals surface area contributed by atoms with Crippen molar-refractivity contribution in [3.8, 4) is 0 Å². The summed E-state index contributed by atoms with van der Waals surface area (Å²) in [5, 5.41) is 2.01. The van der Waals surface area contributed by atoms with Gasteiger partial charge in [-0.15, -0.1) is 11.3 Å². The molecule has 1 aromatic rings. The van der Waals surface area contributed by atoms with Gasteiger partial charge in [0.2, 0.25) is 10.0 Å². The van der Waals surface area contributed by atoms with E-state index in [9.17, 15) is 8.42 Å². The second-order valence-electron chi connectivity index (χ2n) is 4.56. The van der Waals surface area contributed by atoms with Crippen molar-refractivity contribution < 1.29 is 8.42 Å². The Labute approximate surface area is 107 Å². The monoisotopic (exact) mass is 273 g/mol. The van der Waals surface area contributed by atoms with Crippen LogP contribution in [0.1, 0.15) is 43.5 Å². The zero-order valence-electron chi connectivity index (χ0n) is 10.1. The molecule has 0 saturated heterocycles. The lowest BCUT2D eigenvalue weighted by Gasteiger charge is -2.23. The zero-order valence-corrected chi connectivity index (χ0v) is 11.7. The van der Waals surface area contributed by atoms with E-state index in [2.05, 4.69) is 4.72 Å². The van der Waals surface area contributed by atoms with Gasteiger partial charge in [-0.05, 0) is 37.1 Å². The van der Waals surface area contributed by atoms with Gasteiger partial charge in [-0.2, -0.15) is 0 Å². The van der Waals surface area contributed by atoms with Gasteiger partial charge in [-0.3, -0.25) is 0 Å². The standard InChI is InChI=1S/C12H19NO2S2/c1-2-17(14,15)13-12(10-6-3-4-7-10)11-8-5-9-16-11/h5,8-10,12-13H,2-4,6-7H2,1H3. The Morgan fingerprint density at radius 3 is 2.71 bits per heavy atom. The van der Waals surface area contributed by atoms with Gasteiger partial charge < -0.3 is 0 Å². The molecule has 0 bridgehead atoms. The fraction of sp³-hybridized carbons (Fsp3) is 0.667. The van der Waals surface area contributed by atoms with Crippen LogP contribution in [0, 0.1) is 5.92 Å². The Balaban J connectivity index is 2.18. The summed E-state index contributed by atoms with van der Waals surface area (Å²) < 4.78 is 26.4. The van der Waals surface area contributed by atoms with E-state index in [1.165, 1.54) is 12.8 Å². The van der Waals surface area contributed by atoms with Crippen molar-refractivity contribution in [2.24, 2.45) is 5.92 Å². The second-order valence-corrected chi connectivity index (χ2v) is 7.58. The maximum atomic E-state index is 11.8. The minimum atomic E-state index is -3.13. The number of thiophene rings is 1. The van der Waals surface area contributed by atoms with Crippen molar-refractivity contribution in [3.05, 3.63) is 22.4 Å². The zero-order chi connectivity index (χ0) is 12.3. The number of sulfonamides is 1. The first kappa shape index (κ1) is 13.1. The van der Waals surface area contributed by atoms with Crippen LogP contribution in [0.4, 0.5) is 0 Å². The minimum Gasteiger partial charge on any atom is -0.212 e. The fourth-order valence-electron chi connectivity index (χ4n) is 2.42. The third-order valence-electron chi connectivity index (χ3n) is 3.41. The molecular weight excluding hydrogens is 254 g/mol. The molecular formula is C12H19NO2S2. The van der Waals surface area contributed by atoms with Gasteiger partial charge in [0.15, 0.2) is 0 Å². The predicted molar refractivity (Wildman–Crippen MR) is 71.6 cm³/mol. The van der Waals surface area contributed by atoms with Crippen LogP contribution >= 0.6 is 11.3 Å². The predicted octanol–water partition coefficient (Wildman–Crippen LogP) is 2.92. The van der Waals surface area contributed by atoms with E-state index in [1.54, 1.807) is 18.3 Å². The number of rotatable bonds is 5. The highest BCUT2D eigenvalue weighted by Crippen LogP contribution is 2.37. The van der Waals surface area contributed by atoms with Crippen molar-refractivity contribution in [2.75, 3.05) is 5.75 Å². The molecule has 2 rings (SSSR count). The third kappa shape index (κ3) is 3.30. The van der Waals surface area contributed by atoms with Crippen molar-refractivity contribution in [2.45, 2.75) is 38.6 Å². The number of hydrogen-bond acceptors (Lipinski definition) is 3. The summed E-state index contributed by atoms with van der Waals surface area (Å²) in [6.45, 7) is 1.68. The topological polar surface area (TPSA) is 46.2 Å². The molecule has 1 heterocycles. The smallest absolute Gasteiger partial charge is 0.211 e. The molecule has 5 heteroatoms. The highest BCUT2D eigenvalue weighted by Gasteiger charge is 2.29. The summed E-state index contributed by atoms with van der Waals surface area (Å²) in [7, 11) is -3.13. The minimum absolute atomic E-state index is 0.0116. The van der Waals surface area contributed by atoms with E-state index in [-0.39, 0.29) is 11.8 Å². The van der Waals surface area contributed by atoms with Crippen LogP contribution in [0.15, 0.2) is 17.5 Å². The van der Waals surface area contributed by atoms with Crippen molar-refractivity contribution in [3.63, 3.8) is 0 Å². The van der Waals surface area contributed by atoms with E-state index < -0.39 is 10.0 Å². The summed E-state index contributed by atoms with van der Waals surface area (Å²) in [5.74, 6) is 0.622. The summed E-state index contributed by atoms with van der Waals surface area (Å²) in [6.07, 6.45) is 4.71. The van der Waals surface area contributed by atoms with E-state index in [1.807, 2.05) is 17.5 Å². The molecule has 0 amide bonds. The number of nitrogens with one attached hydrogen (secondary N) is 1. The Kier molecular flexibility index (Phi) is 4.22. The molecule has 1 aliphatic carbocycles. The van der Waals surface area contributed by atoms with Gasteiger partial charge in [0.05, 0.1) is 11.8 Å². The van der Waals surface area contributed by atoms with E-state index >= 15 is 0 Å². The van der Waals surface area contributed by atoms with Crippen molar-refractivity contribution >= 4 is 21.4 Å². The van der Waals surface area contributed by atoms with E-state index in [0.717, 1.165) is 17.7 Å². The van der Waals surface area contributed by atoms with E-state index in [0.29, 0.717) is 5.92 Å². The van der Waals surface area contributed by atoms with Crippen LogP contribution in [0.5, 0.6) is 0 Å². The van der Waals surface area contributed by atoms with E-state index in [4.69, 9.17) is 0 Å². The molecule has 17 heavy (non-hydrogen) atoms. The molecule has 0 aromatic carbocycles. The van der Waals surface area contributed by atoms with Crippen LogP contribution in [-0.4, -0.2) is 14.2 Å². The first-order valence-corrected chi connectivity index (χ1v) is 8.69. The quantitative estimate of drug-likeness (QED) is 0.896. The van der Waals surface area contributed by atoms with Gasteiger partial charge in [0, 0.05) is 4.88 Å². The molecule has 1 unspecified atom stereocenters. The van der Waals surface area contributed by atoms with Crippen LogP contribution in [-0.2, 0) is 10.0 Å². The normalized spacial score (nSPS) is 19.6. The molecule has 1 aliphatic rings. The van der Waals surface area contributed by atoms with Crippen LogP contribution in [0.2, 0.25) is 0 Å². The first-order chi connectivity index (χ1) is 8.12. The molecule has 1 aromatic heterocycles. The summed E-state index contributed by atoms with van der Waals surface area (Å²) >= 11 is 1.64. The molecule has 3 nitrogen and oxygen atoms in total. The average molecular weight is 273 g/mol. The van der Waals surface area contributed by atoms with Crippen molar-refractivity contribution in [1.29, 1.82) is 0 Å². The fourth-order valence-corrected chi connectivity index (χ4v) is 4.24. The van der Waals surface area contributed by atoms with Crippen molar-refractivity contribution in [1.82, 2.24) is 4.72 Å². The highest BCUT2D eigenvalue weighted by molar-refractivity contribution is 7.89. The molecule has 1 saturated carbocycles. The Hall–Kier alpha value is -0.390. The maximum absolute atomic E-state index is 11.8. The first-order valence-electron chi connectivity index (χ1n) is 6.16. The van der Waals surface area contributed by atoms with Gasteiger partial charge in [-0.1, -0.05) is 18.9 Å². The summed E-state index contributed by atoms with van der Waals surface area (Å²) in [4.78, 5) is 1.15. The lowest BCUT2D eigenvalue weighted by molar-refractivity contribution is 0.416. The second kappa shape index (κ2) is 5.50. The average Bonchev–Trinajstić information content (AvgIpc) is 2.99. The van der Waals surface area contributed by atoms with Gasteiger partial charge in [0.1, 0.15) is 0 Å². The van der Waals surface area contributed by atoms with Gasteiger partial charge >= 0.3 is 0 Å². The van der Waals surface area contributed by atoms with Gasteiger partial charge in [-0.25, -0.2) is 13.1 Å². The third-order valence-corrected chi connectivity index (χ3v) is 5.74.